The summed E-state index contributed by atoms with van der Waals surface area (Å²) in [6, 6.07) is 5.10. The number of hydrogen-bond donors (Lipinski definition) is 1. The Balaban J connectivity index is 2.64. The second-order valence-corrected chi connectivity index (χ2v) is 4.15. The van der Waals surface area contributed by atoms with Gasteiger partial charge < -0.3 is 15.2 Å². The number of hydrogen-bond acceptors (Lipinski definition) is 5. The molecule has 0 amide bonds. The maximum absolute atomic E-state index is 11.8. The standard InChI is InChI=1S/C13H17NO4/c1-8(2)18-11(15)7-17-13(16)12-9(3)5-4-6-10(12)14/h4-6,8H,7,14H2,1-3H3. The van der Waals surface area contributed by atoms with Crippen LogP contribution in [0.15, 0.2) is 18.2 Å². The van der Waals surface area contributed by atoms with Gasteiger partial charge in [0.2, 0.25) is 0 Å². The van der Waals surface area contributed by atoms with Gasteiger partial charge in [0.15, 0.2) is 6.61 Å². The van der Waals surface area contributed by atoms with Crippen molar-refractivity contribution in [1.82, 2.24) is 0 Å². The fraction of sp³-hybridized carbons (Fsp3) is 0.385. The van der Waals surface area contributed by atoms with Crippen LogP contribution in [0.4, 0.5) is 5.69 Å². The molecule has 0 aliphatic rings. The molecule has 0 aliphatic heterocycles. The topological polar surface area (TPSA) is 78.6 Å². The van der Waals surface area contributed by atoms with Gasteiger partial charge in [-0.3, -0.25) is 0 Å². The number of ether oxygens (including phenoxy) is 2. The van der Waals surface area contributed by atoms with Crippen molar-refractivity contribution in [2.24, 2.45) is 0 Å². The second-order valence-electron chi connectivity index (χ2n) is 4.15. The summed E-state index contributed by atoms with van der Waals surface area (Å²) in [5.41, 5.74) is 7.02. The Hall–Kier alpha value is -2.04. The third-order valence-corrected chi connectivity index (χ3v) is 2.20. The van der Waals surface area contributed by atoms with E-state index in [1.165, 1.54) is 0 Å². The van der Waals surface area contributed by atoms with Crippen LogP contribution in [0.5, 0.6) is 0 Å². The molecule has 0 radical (unpaired) electrons. The molecule has 98 valence electrons. The molecule has 0 aliphatic carbocycles. The molecule has 1 aromatic rings. The minimum absolute atomic E-state index is 0.236. The number of benzene rings is 1. The fourth-order valence-electron chi connectivity index (χ4n) is 1.46. The minimum Gasteiger partial charge on any atom is -0.460 e. The molecule has 1 rings (SSSR count). The van der Waals surface area contributed by atoms with Crippen molar-refractivity contribution in [3.05, 3.63) is 29.3 Å². The zero-order valence-corrected chi connectivity index (χ0v) is 10.7. The summed E-state index contributed by atoms with van der Waals surface area (Å²) in [6.45, 7) is 4.78. The van der Waals surface area contributed by atoms with Crippen LogP contribution >= 0.6 is 0 Å². The Morgan fingerprint density at radius 3 is 2.56 bits per heavy atom. The number of anilines is 1. The first-order valence-corrected chi connectivity index (χ1v) is 5.63. The van der Waals surface area contributed by atoms with E-state index in [9.17, 15) is 9.59 Å². The molecular weight excluding hydrogens is 234 g/mol. The smallest absolute Gasteiger partial charge is 0.344 e. The van der Waals surface area contributed by atoms with Gasteiger partial charge in [-0.1, -0.05) is 12.1 Å². The Kier molecular flexibility index (Phi) is 4.71. The highest BCUT2D eigenvalue weighted by molar-refractivity contribution is 5.97. The van der Waals surface area contributed by atoms with Crippen LogP contribution < -0.4 is 5.73 Å². The molecule has 2 N–H and O–H groups in total. The summed E-state index contributed by atoms with van der Waals surface area (Å²) in [5, 5.41) is 0. The molecule has 0 saturated heterocycles. The average molecular weight is 251 g/mol. The number of nitrogens with two attached hydrogens (primary N) is 1. The van der Waals surface area contributed by atoms with Gasteiger partial charge in [-0.25, -0.2) is 9.59 Å². The molecule has 0 bridgehead atoms. The van der Waals surface area contributed by atoms with Crippen LogP contribution in [0.2, 0.25) is 0 Å². The number of esters is 2. The van der Waals surface area contributed by atoms with Crippen molar-refractivity contribution in [2.45, 2.75) is 26.9 Å². The van der Waals surface area contributed by atoms with E-state index in [1.54, 1.807) is 39.0 Å². The quantitative estimate of drug-likeness (QED) is 0.650. The van der Waals surface area contributed by atoms with Gasteiger partial charge in [-0.15, -0.1) is 0 Å². The highest BCUT2D eigenvalue weighted by Crippen LogP contribution is 2.17. The van der Waals surface area contributed by atoms with E-state index in [-0.39, 0.29) is 11.7 Å². The summed E-state index contributed by atoms with van der Waals surface area (Å²) in [6.07, 6.45) is -0.236. The zero-order chi connectivity index (χ0) is 13.7. The number of aryl methyl sites for hydroxylation is 1. The molecule has 5 nitrogen and oxygen atoms in total. The molecule has 1 aromatic carbocycles. The van der Waals surface area contributed by atoms with Crippen molar-refractivity contribution in [3.63, 3.8) is 0 Å². The molecule has 5 heteroatoms. The predicted molar refractivity (Wildman–Crippen MR) is 67.1 cm³/mol. The summed E-state index contributed by atoms with van der Waals surface area (Å²) < 4.78 is 9.71. The van der Waals surface area contributed by atoms with E-state index in [1.807, 2.05) is 0 Å². The Morgan fingerprint density at radius 1 is 1.33 bits per heavy atom. The molecule has 0 heterocycles. The average Bonchev–Trinajstić information content (AvgIpc) is 2.25. The first kappa shape index (κ1) is 14.0. The summed E-state index contributed by atoms with van der Waals surface area (Å²) in [5.74, 6) is -1.20. The van der Waals surface area contributed by atoms with Crippen LogP contribution in [-0.4, -0.2) is 24.6 Å². The highest BCUT2D eigenvalue weighted by atomic mass is 16.6. The largest absolute Gasteiger partial charge is 0.460 e. The van der Waals surface area contributed by atoms with Crippen molar-refractivity contribution in [2.75, 3.05) is 12.3 Å². The van der Waals surface area contributed by atoms with Crippen LogP contribution in [0.3, 0.4) is 0 Å². The minimum atomic E-state index is -0.619. The number of rotatable bonds is 4. The first-order chi connectivity index (χ1) is 8.41. The van der Waals surface area contributed by atoms with Gasteiger partial charge in [0.1, 0.15) is 0 Å². The Bertz CT molecular complexity index is 434. The van der Waals surface area contributed by atoms with E-state index in [0.717, 1.165) is 0 Å². The molecule has 0 unspecified atom stereocenters. The molecule has 0 atom stereocenters. The summed E-state index contributed by atoms with van der Waals surface area (Å²) >= 11 is 0. The van der Waals surface area contributed by atoms with Gasteiger partial charge in [-0.05, 0) is 32.4 Å². The third-order valence-electron chi connectivity index (χ3n) is 2.20. The van der Waals surface area contributed by atoms with E-state index < -0.39 is 18.5 Å². The van der Waals surface area contributed by atoms with Crippen molar-refractivity contribution in [1.29, 1.82) is 0 Å². The molecule has 0 aromatic heterocycles. The lowest BCUT2D eigenvalue weighted by atomic mass is 10.1. The van der Waals surface area contributed by atoms with Crippen LogP contribution in [-0.2, 0) is 14.3 Å². The highest BCUT2D eigenvalue weighted by Gasteiger charge is 2.16. The van der Waals surface area contributed by atoms with E-state index in [2.05, 4.69) is 0 Å². The monoisotopic (exact) mass is 251 g/mol. The van der Waals surface area contributed by atoms with E-state index in [0.29, 0.717) is 11.3 Å². The van der Waals surface area contributed by atoms with E-state index >= 15 is 0 Å². The number of carbonyl (C=O) groups is 2. The van der Waals surface area contributed by atoms with E-state index in [4.69, 9.17) is 15.2 Å². The zero-order valence-electron chi connectivity index (χ0n) is 10.7. The van der Waals surface area contributed by atoms with Crippen LogP contribution in [0.1, 0.15) is 29.8 Å². The maximum Gasteiger partial charge on any atom is 0.344 e. The summed E-state index contributed by atoms with van der Waals surface area (Å²) in [4.78, 5) is 23.0. The van der Waals surface area contributed by atoms with Gasteiger partial charge in [-0.2, -0.15) is 0 Å². The van der Waals surface area contributed by atoms with Gasteiger partial charge >= 0.3 is 11.9 Å². The summed E-state index contributed by atoms with van der Waals surface area (Å²) in [7, 11) is 0. The number of carbonyl (C=O) groups excluding carboxylic acids is 2. The van der Waals surface area contributed by atoms with Crippen LogP contribution in [0.25, 0.3) is 0 Å². The lowest BCUT2D eigenvalue weighted by molar-refractivity contribution is -0.150. The van der Waals surface area contributed by atoms with Crippen molar-refractivity contribution in [3.8, 4) is 0 Å². The van der Waals surface area contributed by atoms with Gasteiger partial charge in [0.05, 0.1) is 11.7 Å². The first-order valence-electron chi connectivity index (χ1n) is 5.63. The second kappa shape index (κ2) is 6.05. The fourth-order valence-corrected chi connectivity index (χ4v) is 1.46. The molecule has 18 heavy (non-hydrogen) atoms. The van der Waals surface area contributed by atoms with Gasteiger partial charge in [0.25, 0.3) is 0 Å². The molecule has 0 saturated carbocycles. The van der Waals surface area contributed by atoms with Crippen molar-refractivity contribution < 1.29 is 19.1 Å². The molecule has 0 fully saturated rings. The molecule has 0 spiro atoms. The maximum atomic E-state index is 11.8. The lowest BCUT2D eigenvalue weighted by Crippen LogP contribution is -2.20. The Labute approximate surface area is 106 Å². The van der Waals surface area contributed by atoms with Crippen LogP contribution in [0, 0.1) is 6.92 Å². The SMILES string of the molecule is Cc1cccc(N)c1C(=O)OCC(=O)OC(C)C. The number of nitrogen functional groups attached to an aromatic ring is 1. The Morgan fingerprint density at radius 2 is 2.00 bits per heavy atom. The molecular formula is C13H17NO4. The normalized spacial score (nSPS) is 10.2. The predicted octanol–water partition coefficient (Wildman–Crippen LogP) is 1.69. The third kappa shape index (κ3) is 3.76. The van der Waals surface area contributed by atoms with Gasteiger partial charge in [0, 0.05) is 5.69 Å². The lowest BCUT2D eigenvalue weighted by Gasteiger charge is -2.10. The van der Waals surface area contributed by atoms with Crippen molar-refractivity contribution >= 4 is 17.6 Å².